The molecule has 0 aliphatic heterocycles. The molecule has 1 aromatic rings. The third kappa shape index (κ3) is 7.00. The Morgan fingerprint density at radius 3 is 2.52 bits per heavy atom. The molecular formula is C16H31N5O2. The van der Waals surface area contributed by atoms with Crippen molar-refractivity contribution in [2.24, 2.45) is 12.0 Å². The Morgan fingerprint density at radius 1 is 1.17 bits per heavy atom. The van der Waals surface area contributed by atoms with Crippen molar-refractivity contribution in [2.75, 3.05) is 47.1 Å². The maximum Gasteiger partial charge on any atom is 0.190 e. The fourth-order valence-corrected chi connectivity index (χ4v) is 2.33. The fourth-order valence-electron chi connectivity index (χ4n) is 2.33. The highest BCUT2D eigenvalue weighted by Crippen LogP contribution is 2.11. The first-order valence-corrected chi connectivity index (χ1v) is 8.10. The van der Waals surface area contributed by atoms with Gasteiger partial charge in [0.1, 0.15) is 0 Å². The number of aliphatic imine (C=N–C) groups is 1. The second-order valence-corrected chi connectivity index (χ2v) is 5.41. The first-order chi connectivity index (χ1) is 11.1. The maximum atomic E-state index is 5.42. The summed E-state index contributed by atoms with van der Waals surface area (Å²) in [5.74, 6) is 0.820. The number of ether oxygens (including phenoxy) is 2. The highest BCUT2D eigenvalue weighted by molar-refractivity contribution is 5.79. The van der Waals surface area contributed by atoms with E-state index < -0.39 is 0 Å². The summed E-state index contributed by atoms with van der Waals surface area (Å²) in [6.07, 6.45) is 1.87. The van der Waals surface area contributed by atoms with E-state index in [1.807, 2.05) is 11.7 Å². The van der Waals surface area contributed by atoms with Crippen LogP contribution in [-0.4, -0.2) is 62.8 Å². The van der Waals surface area contributed by atoms with Crippen molar-refractivity contribution in [3.63, 3.8) is 0 Å². The van der Waals surface area contributed by atoms with Gasteiger partial charge in [-0.15, -0.1) is 0 Å². The van der Waals surface area contributed by atoms with Gasteiger partial charge < -0.3 is 20.1 Å². The van der Waals surface area contributed by atoms with E-state index in [-0.39, 0.29) is 0 Å². The smallest absolute Gasteiger partial charge is 0.190 e. The van der Waals surface area contributed by atoms with Crippen molar-refractivity contribution < 1.29 is 9.47 Å². The van der Waals surface area contributed by atoms with Gasteiger partial charge in [0.25, 0.3) is 0 Å². The third-order valence-corrected chi connectivity index (χ3v) is 3.74. The predicted molar refractivity (Wildman–Crippen MR) is 93.1 cm³/mol. The van der Waals surface area contributed by atoms with Crippen LogP contribution in [0.3, 0.4) is 0 Å². The molecule has 1 aromatic heterocycles. The molecule has 0 unspecified atom stereocenters. The Bertz CT molecular complexity index is 485. The normalized spacial score (nSPS) is 11.8. The Morgan fingerprint density at radius 2 is 1.91 bits per heavy atom. The van der Waals surface area contributed by atoms with Gasteiger partial charge in [-0.1, -0.05) is 0 Å². The van der Waals surface area contributed by atoms with E-state index in [0.29, 0.717) is 13.2 Å². The summed E-state index contributed by atoms with van der Waals surface area (Å²) in [4.78, 5) is 4.23. The van der Waals surface area contributed by atoms with Crippen LogP contribution in [0.15, 0.2) is 4.99 Å². The standard InChI is InChI=1S/C16H31N5O2/c1-13-15(14(2)21(4)20-13)7-9-19-16(17-3)18-8-6-10-23-12-11-22-5/h6-12H2,1-5H3,(H2,17,18,19). The SMILES string of the molecule is CN=C(NCCCOCCOC)NCCc1c(C)nn(C)c1C. The molecule has 7 heteroatoms. The summed E-state index contributed by atoms with van der Waals surface area (Å²) in [6, 6.07) is 0. The number of rotatable bonds is 10. The molecule has 0 saturated heterocycles. The van der Waals surface area contributed by atoms with Crippen LogP contribution in [0.5, 0.6) is 0 Å². The Hall–Kier alpha value is -1.60. The van der Waals surface area contributed by atoms with Crippen LogP contribution < -0.4 is 10.6 Å². The highest BCUT2D eigenvalue weighted by atomic mass is 16.5. The lowest BCUT2D eigenvalue weighted by Crippen LogP contribution is -2.39. The molecule has 0 aromatic carbocycles. The minimum Gasteiger partial charge on any atom is -0.382 e. The first-order valence-electron chi connectivity index (χ1n) is 8.10. The molecule has 0 bridgehead atoms. The van der Waals surface area contributed by atoms with Crippen molar-refractivity contribution in [1.29, 1.82) is 0 Å². The number of methoxy groups -OCH3 is 1. The van der Waals surface area contributed by atoms with Crippen molar-refractivity contribution in [2.45, 2.75) is 26.7 Å². The van der Waals surface area contributed by atoms with E-state index >= 15 is 0 Å². The number of nitrogens with one attached hydrogen (secondary N) is 2. The molecule has 132 valence electrons. The Labute approximate surface area is 139 Å². The zero-order valence-corrected chi connectivity index (χ0v) is 15.1. The minimum atomic E-state index is 0.643. The maximum absolute atomic E-state index is 5.42. The first kappa shape index (κ1) is 19.4. The van der Waals surface area contributed by atoms with Crippen LogP contribution in [-0.2, 0) is 22.9 Å². The van der Waals surface area contributed by atoms with Gasteiger partial charge in [-0.2, -0.15) is 5.10 Å². The molecule has 0 atom stereocenters. The van der Waals surface area contributed by atoms with Gasteiger partial charge >= 0.3 is 0 Å². The zero-order valence-electron chi connectivity index (χ0n) is 15.1. The number of aryl methyl sites for hydroxylation is 2. The number of nitrogens with zero attached hydrogens (tertiary/aromatic N) is 3. The molecule has 0 aliphatic rings. The molecule has 0 spiro atoms. The molecule has 0 saturated carbocycles. The topological polar surface area (TPSA) is 72.7 Å². The van der Waals surface area contributed by atoms with Gasteiger partial charge in [-0.3, -0.25) is 9.67 Å². The van der Waals surface area contributed by atoms with E-state index in [1.165, 1.54) is 11.3 Å². The van der Waals surface area contributed by atoms with Gasteiger partial charge in [-0.05, 0) is 32.3 Å². The summed E-state index contributed by atoms with van der Waals surface area (Å²) in [7, 11) is 5.44. The molecule has 1 heterocycles. The van der Waals surface area contributed by atoms with Crippen LogP contribution in [0.1, 0.15) is 23.4 Å². The average molecular weight is 325 g/mol. The molecule has 7 nitrogen and oxygen atoms in total. The van der Waals surface area contributed by atoms with E-state index in [0.717, 1.165) is 44.2 Å². The van der Waals surface area contributed by atoms with E-state index in [4.69, 9.17) is 9.47 Å². The number of aromatic nitrogens is 2. The number of hydrogen-bond donors (Lipinski definition) is 2. The average Bonchev–Trinajstić information content (AvgIpc) is 2.78. The van der Waals surface area contributed by atoms with Crippen molar-refractivity contribution in [1.82, 2.24) is 20.4 Å². The quantitative estimate of drug-likeness (QED) is 0.378. The lowest BCUT2D eigenvalue weighted by atomic mass is 10.1. The molecule has 0 amide bonds. The van der Waals surface area contributed by atoms with Crippen molar-refractivity contribution in [3.05, 3.63) is 17.0 Å². The molecule has 0 radical (unpaired) electrons. The minimum absolute atomic E-state index is 0.643. The molecule has 1 rings (SSSR count). The summed E-state index contributed by atoms with van der Waals surface area (Å²) in [5.41, 5.74) is 3.63. The highest BCUT2D eigenvalue weighted by Gasteiger charge is 2.08. The van der Waals surface area contributed by atoms with Crippen LogP contribution in [0.25, 0.3) is 0 Å². The van der Waals surface area contributed by atoms with Crippen molar-refractivity contribution in [3.8, 4) is 0 Å². The van der Waals surface area contributed by atoms with E-state index in [2.05, 4.69) is 34.6 Å². The summed E-state index contributed by atoms with van der Waals surface area (Å²) < 4.78 is 12.3. The van der Waals surface area contributed by atoms with Crippen LogP contribution in [0, 0.1) is 13.8 Å². The molecule has 0 aliphatic carbocycles. The lowest BCUT2D eigenvalue weighted by Gasteiger charge is -2.12. The largest absolute Gasteiger partial charge is 0.382 e. The summed E-state index contributed by atoms with van der Waals surface area (Å²) >= 11 is 0. The Kier molecular flexibility index (Phi) is 9.31. The van der Waals surface area contributed by atoms with E-state index in [1.54, 1.807) is 14.2 Å². The van der Waals surface area contributed by atoms with Gasteiger partial charge in [0.15, 0.2) is 5.96 Å². The van der Waals surface area contributed by atoms with Gasteiger partial charge in [0.05, 0.1) is 18.9 Å². The third-order valence-electron chi connectivity index (χ3n) is 3.74. The zero-order chi connectivity index (χ0) is 17.1. The molecule has 0 fully saturated rings. The fraction of sp³-hybridized carbons (Fsp3) is 0.750. The second-order valence-electron chi connectivity index (χ2n) is 5.41. The van der Waals surface area contributed by atoms with E-state index in [9.17, 15) is 0 Å². The van der Waals surface area contributed by atoms with Gasteiger partial charge in [-0.25, -0.2) is 0 Å². The lowest BCUT2D eigenvalue weighted by molar-refractivity contribution is 0.0698. The van der Waals surface area contributed by atoms with Gasteiger partial charge in [0.2, 0.25) is 0 Å². The van der Waals surface area contributed by atoms with Crippen molar-refractivity contribution >= 4 is 5.96 Å². The van der Waals surface area contributed by atoms with Crippen LogP contribution >= 0.6 is 0 Å². The second kappa shape index (κ2) is 11.0. The molecule has 2 N–H and O–H groups in total. The monoisotopic (exact) mass is 325 g/mol. The molecular weight excluding hydrogens is 294 g/mol. The predicted octanol–water partition coefficient (Wildman–Crippen LogP) is 0.798. The van der Waals surface area contributed by atoms with Crippen LogP contribution in [0.4, 0.5) is 0 Å². The Balaban J connectivity index is 2.19. The van der Waals surface area contributed by atoms with Crippen LogP contribution in [0.2, 0.25) is 0 Å². The molecule has 23 heavy (non-hydrogen) atoms. The summed E-state index contributed by atoms with van der Waals surface area (Å²) in [5, 5.41) is 11.1. The number of guanidine groups is 1. The number of hydrogen-bond acceptors (Lipinski definition) is 4. The van der Waals surface area contributed by atoms with Gasteiger partial charge in [0, 0.05) is 46.6 Å². The summed E-state index contributed by atoms with van der Waals surface area (Å²) in [6.45, 7) is 7.83.